The zero-order chi connectivity index (χ0) is 12.1. The van der Waals surface area contributed by atoms with Crippen molar-refractivity contribution < 1.29 is 0 Å². The van der Waals surface area contributed by atoms with Crippen molar-refractivity contribution in [1.29, 1.82) is 0 Å². The molecule has 1 heterocycles. The van der Waals surface area contributed by atoms with Gasteiger partial charge >= 0.3 is 0 Å². The average Bonchev–Trinajstić information content (AvgIpc) is 2.39. The maximum Gasteiger partial charge on any atom is 0.0270 e. The summed E-state index contributed by atoms with van der Waals surface area (Å²) in [6, 6.07) is 12.8. The van der Waals surface area contributed by atoms with Gasteiger partial charge in [-0.1, -0.05) is 35.0 Å². The monoisotopic (exact) mass is 289 g/mol. The lowest BCUT2D eigenvalue weighted by Gasteiger charge is -2.11. The number of nitrogens with zero attached hydrogens (tertiary/aromatic N) is 1. The standard InChI is InChI=1S/C15H16BrN/c1-12(14-8-10-17-11-9-14)2-3-13-4-6-15(16)7-5-13/h4-12H,2-3H2,1H3. The van der Waals surface area contributed by atoms with Gasteiger partial charge in [0.15, 0.2) is 0 Å². The molecule has 1 unspecified atom stereocenters. The van der Waals surface area contributed by atoms with Gasteiger partial charge in [0.05, 0.1) is 0 Å². The van der Waals surface area contributed by atoms with Crippen LogP contribution in [-0.4, -0.2) is 4.98 Å². The van der Waals surface area contributed by atoms with Crippen molar-refractivity contribution in [3.8, 4) is 0 Å². The number of hydrogen-bond donors (Lipinski definition) is 0. The second-order valence-corrected chi connectivity index (χ2v) is 5.26. The van der Waals surface area contributed by atoms with Crippen LogP contribution in [0.4, 0.5) is 0 Å². The molecule has 2 aromatic rings. The van der Waals surface area contributed by atoms with Gasteiger partial charge in [0, 0.05) is 16.9 Å². The number of benzene rings is 1. The minimum Gasteiger partial charge on any atom is -0.265 e. The Morgan fingerprint density at radius 2 is 1.71 bits per heavy atom. The van der Waals surface area contributed by atoms with Crippen molar-refractivity contribution >= 4 is 15.9 Å². The first-order chi connectivity index (χ1) is 8.25. The summed E-state index contributed by atoms with van der Waals surface area (Å²) in [5, 5.41) is 0. The Balaban J connectivity index is 1.92. The van der Waals surface area contributed by atoms with E-state index < -0.39 is 0 Å². The molecule has 0 spiro atoms. The Morgan fingerprint density at radius 3 is 2.35 bits per heavy atom. The van der Waals surface area contributed by atoms with E-state index in [0.717, 1.165) is 10.9 Å². The van der Waals surface area contributed by atoms with Crippen LogP contribution in [0.1, 0.15) is 30.4 Å². The van der Waals surface area contributed by atoms with E-state index in [9.17, 15) is 0 Å². The van der Waals surface area contributed by atoms with Crippen LogP contribution in [-0.2, 0) is 6.42 Å². The molecule has 1 aromatic heterocycles. The molecule has 0 saturated heterocycles. The quantitative estimate of drug-likeness (QED) is 0.803. The van der Waals surface area contributed by atoms with Crippen molar-refractivity contribution in [3.63, 3.8) is 0 Å². The van der Waals surface area contributed by atoms with Crippen molar-refractivity contribution in [1.82, 2.24) is 4.98 Å². The van der Waals surface area contributed by atoms with Crippen molar-refractivity contribution in [2.75, 3.05) is 0 Å². The second kappa shape index (κ2) is 5.97. The number of halogens is 1. The molecule has 0 aliphatic carbocycles. The van der Waals surface area contributed by atoms with Gasteiger partial charge in [-0.3, -0.25) is 4.98 Å². The molecule has 0 N–H and O–H groups in total. The Morgan fingerprint density at radius 1 is 1.06 bits per heavy atom. The van der Waals surface area contributed by atoms with E-state index in [2.05, 4.69) is 64.2 Å². The maximum absolute atomic E-state index is 4.05. The Hall–Kier alpha value is -1.15. The molecule has 17 heavy (non-hydrogen) atoms. The van der Waals surface area contributed by atoms with Crippen molar-refractivity contribution in [3.05, 3.63) is 64.4 Å². The molecular weight excluding hydrogens is 274 g/mol. The molecule has 0 bridgehead atoms. The van der Waals surface area contributed by atoms with Crippen LogP contribution >= 0.6 is 15.9 Å². The molecule has 1 aromatic carbocycles. The molecular formula is C15H16BrN. The SMILES string of the molecule is CC(CCc1ccc(Br)cc1)c1ccncc1. The minimum absolute atomic E-state index is 0.585. The minimum atomic E-state index is 0.585. The fraction of sp³-hybridized carbons (Fsp3) is 0.267. The summed E-state index contributed by atoms with van der Waals surface area (Å²) in [7, 11) is 0. The van der Waals surface area contributed by atoms with E-state index >= 15 is 0 Å². The maximum atomic E-state index is 4.05. The van der Waals surface area contributed by atoms with E-state index in [4.69, 9.17) is 0 Å². The molecule has 0 radical (unpaired) electrons. The van der Waals surface area contributed by atoms with Gasteiger partial charge in [-0.15, -0.1) is 0 Å². The van der Waals surface area contributed by atoms with Crippen LogP contribution < -0.4 is 0 Å². The highest BCUT2D eigenvalue weighted by Gasteiger charge is 2.05. The molecule has 1 atom stereocenters. The van der Waals surface area contributed by atoms with Crippen LogP contribution in [0.5, 0.6) is 0 Å². The number of aryl methyl sites for hydroxylation is 1. The van der Waals surface area contributed by atoms with Gasteiger partial charge in [-0.05, 0) is 54.2 Å². The van der Waals surface area contributed by atoms with Gasteiger partial charge in [0.1, 0.15) is 0 Å². The third-order valence-electron chi connectivity index (χ3n) is 3.05. The number of aromatic nitrogens is 1. The summed E-state index contributed by atoms with van der Waals surface area (Å²) in [5.41, 5.74) is 2.77. The first-order valence-corrected chi connectivity index (χ1v) is 6.69. The molecule has 1 nitrogen and oxygen atoms in total. The molecule has 0 saturated carbocycles. The van der Waals surface area contributed by atoms with Gasteiger partial charge in [0.25, 0.3) is 0 Å². The fourth-order valence-corrected chi connectivity index (χ4v) is 2.16. The molecule has 88 valence electrons. The third-order valence-corrected chi connectivity index (χ3v) is 3.58. The molecule has 0 aliphatic heterocycles. The van der Waals surface area contributed by atoms with Crippen molar-refractivity contribution in [2.45, 2.75) is 25.7 Å². The highest BCUT2D eigenvalue weighted by atomic mass is 79.9. The predicted molar refractivity (Wildman–Crippen MR) is 75.1 cm³/mol. The molecule has 0 aliphatic rings. The second-order valence-electron chi connectivity index (χ2n) is 4.35. The Bertz CT molecular complexity index is 450. The zero-order valence-corrected chi connectivity index (χ0v) is 11.5. The lowest BCUT2D eigenvalue weighted by molar-refractivity contribution is 0.678. The lowest BCUT2D eigenvalue weighted by atomic mass is 9.95. The van der Waals surface area contributed by atoms with Crippen LogP contribution in [0.3, 0.4) is 0 Å². The smallest absolute Gasteiger partial charge is 0.0270 e. The fourth-order valence-electron chi connectivity index (χ4n) is 1.89. The van der Waals surface area contributed by atoms with Gasteiger partial charge in [-0.25, -0.2) is 0 Å². The Kier molecular flexibility index (Phi) is 4.32. The third kappa shape index (κ3) is 3.67. The van der Waals surface area contributed by atoms with Gasteiger partial charge < -0.3 is 0 Å². The largest absolute Gasteiger partial charge is 0.265 e. The predicted octanol–water partition coefficient (Wildman–Crippen LogP) is 4.58. The highest BCUT2D eigenvalue weighted by Crippen LogP contribution is 2.21. The van der Waals surface area contributed by atoms with Gasteiger partial charge in [-0.2, -0.15) is 0 Å². The zero-order valence-electron chi connectivity index (χ0n) is 9.94. The number of pyridine rings is 1. The summed E-state index contributed by atoms with van der Waals surface area (Å²) < 4.78 is 1.14. The van der Waals surface area contributed by atoms with Crippen LogP contribution in [0.2, 0.25) is 0 Å². The van der Waals surface area contributed by atoms with Crippen molar-refractivity contribution in [2.24, 2.45) is 0 Å². The van der Waals surface area contributed by atoms with Gasteiger partial charge in [0.2, 0.25) is 0 Å². The van der Waals surface area contributed by atoms with E-state index in [1.807, 2.05) is 12.4 Å². The Labute approximate surface area is 111 Å². The summed E-state index contributed by atoms with van der Waals surface area (Å²) >= 11 is 3.46. The lowest BCUT2D eigenvalue weighted by Crippen LogP contribution is -1.96. The normalized spacial score (nSPS) is 12.4. The topological polar surface area (TPSA) is 12.9 Å². The van der Waals surface area contributed by atoms with Crippen LogP contribution in [0.25, 0.3) is 0 Å². The number of hydrogen-bond acceptors (Lipinski definition) is 1. The highest BCUT2D eigenvalue weighted by molar-refractivity contribution is 9.10. The van der Waals surface area contributed by atoms with E-state index in [1.165, 1.54) is 17.5 Å². The van der Waals surface area contributed by atoms with E-state index in [0.29, 0.717) is 5.92 Å². The summed E-state index contributed by atoms with van der Waals surface area (Å²) in [6.45, 7) is 2.27. The van der Waals surface area contributed by atoms with Crippen LogP contribution in [0.15, 0.2) is 53.3 Å². The first-order valence-electron chi connectivity index (χ1n) is 5.90. The molecule has 0 amide bonds. The summed E-state index contributed by atoms with van der Waals surface area (Å²) in [5.74, 6) is 0.585. The molecule has 2 heteroatoms. The molecule has 0 fully saturated rings. The first kappa shape index (κ1) is 12.3. The summed E-state index contributed by atoms with van der Waals surface area (Å²) in [4.78, 5) is 4.05. The average molecular weight is 290 g/mol. The van der Waals surface area contributed by atoms with Crippen LogP contribution in [0, 0.1) is 0 Å². The molecule has 2 rings (SSSR count). The number of rotatable bonds is 4. The van der Waals surface area contributed by atoms with E-state index in [-0.39, 0.29) is 0 Å². The summed E-state index contributed by atoms with van der Waals surface area (Å²) in [6.07, 6.45) is 6.03. The van der Waals surface area contributed by atoms with E-state index in [1.54, 1.807) is 0 Å².